The molecule has 0 saturated carbocycles. The van der Waals surface area contributed by atoms with Crippen LogP contribution in [0.3, 0.4) is 0 Å². The van der Waals surface area contributed by atoms with Gasteiger partial charge in [0, 0.05) is 6.42 Å². The maximum Gasteiger partial charge on any atom is 0.220 e. The molecule has 0 heterocycles. The van der Waals surface area contributed by atoms with Gasteiger partial charge < -0.3 is 20.6 Å². The van der Waals surface area contributed by atoms with Crippen molar-refractivity contribution in [2.45, 2.75) is 218 Å². The van der Waals surface area contributed by atoms with E-state index in [-0.39, 0.29) is 12.5 Å². The maximum absolute atomic E-state index is 12.3. The minimum absolute atomic E-state index is 0.145. The average Bonchev–Trinajstić information content (AvgIpc) is 2.97. The molecule has 0 radical (unpaired) electrons. The molecule has 0 aliphatic carbocycles. The number of amides is 1. The third-order valence-corrected chi connectivity index (χ3v) is 8.71. The second-order valence-corrected chi connectivity index (χ2v) is 12.8. The first-order valence-corrected chi connectivity index (χ1v) is 18.3. The highest BCUT2D eigenvalue weighted by atomic mass is 16.3. The zero-order valence-corrected chi connectivity index (χ0v) is 27.7. The summed E-state index contributed by atoms with van der Waals surface area (Å²) in [6.07, 6.45) is 33.6. The van der Waals surface area contributed by atoms with Crippen LogP contribution in [0.25, 0.3) is 0 Å². The number of carbonyl (C=O) groups is 1. The van der Waals surface area contributed by atoms with E-state index in [0.717, 1.165) is 38.5 Å². The van der Waals surface area contributed by atoms with Crippen molar-refractivity contribution in [3.8, 4) is 0 Å². The van der Waals surface area contributed by atoms with Gasteiger partial charge in [-0.3, -0.25) is 4.79 Å². The van der Waals surface area contributed by atoms with Gasteiger partial charge in [0.2, 0.25) is 5.91 Å². The van der Waals surface area contributed by atoms with E-state index < -0.39 is 18.2 Å². The van der Waals surface area contributed by atoms with Crippen molar-refractivity contribution in [2.75, 3.05) is 6.61 Å². The molecular formula is C36H73NO4. The van der Waals surface area contributed by atoms with Gasteiger partial charge in [0.1, 0.15) is 6.10 Å². The Bertz CT molecular complexity index is 530. The summed E-state index contributed by atoms with van der Waals surface area (Å²) in [7, 11) is 0. The molecule has 0 bridgehead atoms. The number of carbonyl (C=O) groups excluding carboxylic acids is 1. The van der Waals surface area contributed by atoms with E-state index in [2.05, 4.69) is 19.2 Å². The van der Waals surface area contributed by atoms with E-state index in [1.807, 2.05) is 0 Å². The van der Waals surface area contributed by atoms with Crippen LogP contribution in [0.5, 0.6) is 0 Å². The van der Waals surface area contributed by atoms with Crippen molar-refractivity contribution in [3.63, 3.8) is 0 Å². The smallest absolute Gasteiger partial charge is 0.220 e. The third-order valence-electron chi connectivity index (χ3n) is 8.71. The maximum atomic E-state index is 12.3. The average molecular weight is 584 g/mol. The van der Waals surface area contributed by atoms with E-state index in [0.29, 0.717) is 12.8 Å². The van der Waals surface area contributed by atoms with E-state index in [1.54, 1.807) is 0 Å². The molecule has 0 spiro atoms. The molecule has 3 atom stereocenters. The number of aliphatic hydroxyl groups excluding tert-OH is 3. The summed E-state index contributed by atoms with van der Waals surface area (Å²) in [4.78, 5) is 12.3. The Hall–Kier alpha value is -0.650. The van der Waals surface area contributed by atoms with E-state index in [4.69, 9.17) is 0 Å². The lowest BCUT2D eigenvalue weighted by Crippen LogP contribution is -2.50. The summed E-state index contributed by atoms with van der Waals surface area (Å²) >= 11 is 0. The molecule has 0 aliphatic heterocycles. The van der Waals surface area contributed by atoms with Crippen LogP contribution < -0.4 is 5.32 Å². The molecule has 41 heavy (non-hydrogen) atoms. The van der Waals surface area contributed by atoms with Gasteiger partial charge >= 0.3 is 0 Å². The van der Waals surface area contributed by atoms with Crippen LogP contribution in [0.2, 0.25) is 0 Å². The Balaban J connectivity index is 3.55. The summed E-state index contributed by atoms with van der Waals surface area (Å²) in [5, 5.41) is 33.1. The third kappa shape index (κ3) is 27.9. The van der Waals surface area contributed by atoms with Gasteiger partial charge in [-0.1, -0.05) is 181 Å². The minimum atomic E-state index is -1.13. The lowest BCUT2D eigenvalue weighted by atomic mass is 9.99. The van der Waals surface area contributed by atoms with E-state index >= 15 is 0 Å². The van der Waals surface area contributed by atoms with Crippen LogP contribution in [-0.4, -0.2) is 46.1 Å². The first-order chi connectivity index (χ1) is 20.1. The summed E-state index contributed by atoms with van der Waals surface area (Å²) in [6.45, 7) is 4.13. The first-order valence-electron chi connectivity index (χ1n) is 18.3. The van der Waals surface area contributed by atoms with Crippen molar-refractivity contribution < 1.29 is 20.1 Å². The number of hydrogen-bond acceptors (Lipinski definition) is 4. The molecule has 0 saturated heterocycles. The molecule has 0 aromatic rings. The van der Waals surface area contributed by atoms with Crippen molar-refractivity contribution in [1.29, 1.82) is 0 Å². The monoisotopic (exact) mass is 584 g/mol. The highest BCUT2D eigenvalue weighted by molar-refractivity contribution is 5.76. The van der Waals surface area contributed by atoms with Gasteiger partial charge in [-0.25, -0.2) is 0 Å². The molecular weight excluding hydrogens is 510 g/mol. The number of unbranched alkanes of at least 4 members (excludes halogenated alkanes) is 25. The minimum Gasteiger partial charge on any atom is -0.394 e. The lowest BCUT2D eigenvalue weighted by Gasteiger charge is -2.26. The fourth-order valence-corrected chi connectivity index (χ4v) is 5.81. The largest absolute Gasteiger partial charge is 0.394 e. The molecule has 5 nitrogen and oxygen atoms in total. The summed E-state index contributed by atoms with van der Waals surface area (Å²) in [5.41, 5.74) is 0. The van der Waals surface area contributed by atoms with Gasteiger partial charge in [-0.15, -0.1) is 0 Å². The van der Waals surface area contributed by atoms with Gasteiger partial charge in [-0.2, -0.15) is 0 Å². The standard InChI is InChI=1S/C36H73NO4/c1-3-5-7-9-11-12-13-14-15-16-17-18-19-20-21-22-23-25-27-29-31-35(40)37-33(32-38)36(41)34(39)30-28-26-24-10-8-6-4-2/h33-34,36,38-39,41H,3-32H2,1-2H3,(H,37,40). The zero-order chi connectivity index (χ0) is 30.2. The fourth-order valence-electron chi connectivity index (χ4n) is 5.81. The number of aliphatic hydroxyl groups is 3. The molecule has 5 heteroatoms. The van der Waals surface area contributed by atoms with Gasteiger partial charge in [0.05, 0.1) is 18.8 Å². The van der Waals surface area contributed by atoms with Gasteiger partial charge in [0.15, 0.2) is 0 Å². The Labute approximate surface area is 256 Å². The van der Waals surface area contributed by atoms with Gasteiger partial charge in [0.25, 0.3) is 0 Å². The second kappa shape index (κ2) is 32.3. The Kier molecular flexibility index (Phi) is 31.8. The quantitative estimate of drug-likeness (QED) is 0.0579. The molecule has 0 aromatic carbocycles. The highest BCUT2D eigenvalue weighted by Crippen LogP contribution is 2.16. The molecule has 0 rings (SSSR count). The number of hydrogen-bond donors (Lipinski definition) is 4. The van der Waals surface area contributed by atoms with Crippen LogP contribution in [0.4, 0.5) is 0 Å². The summed E-state index contributed by atoms with van der Waals surface area (Å²) in [6, 6.07) is -0.799. The van der Waals surface area contributed by atoms with Crippen LogP contribution in [0.15, 0.2) is 0 Å². The Morgan fingerprint density at radius 1 is 0.512 bits per heavy atom. The van der Waals surface area contributed by atoms with E-state index in [1.165, 1.54) is 135 Å². The number of rotatable bonds is 33. The summed E-state index contributed by atoms with van der Waals surface area (Å²) < 4.78 is 0. The Morgan fingerprint density at radius 3 is 1.17 bits per heavy atom. The first kappa shape index (κ1) is 40.4. The van der Waals surface area contributed by atoms with Crippen LogP contribution in [-0.2, 0) is 4.79 Å². The van der Waals surface area contributed by atoms with Crippen molar-refractivity contribution in [2.24, 2.45) is 0 Å². The molecule has 0 aromatic heterocycles. The molecule has 0 aliphatic rings. The number of nitrogens with one attached hydrogen (secondary N) is 1. The fraction of sp³-hybridized carbons (Fsp3) is 0.972. The van der Waals surface area contributed by atoms with Crippen molar-refractivity contribution >= 4 is 5.91 Å². The molecule has 246 valence electrons. The topological polar surface area (TPSA) is 89.8 Å². The normalized spacial score (nSPS) is 13.8. The molecule has 0 fully saturated rings. The highest BCUT2D eigenvalue weighted by Gasteiger charge is 2.26. The zero-order valence-electron chi connectivity index (χ0n) is 27.7. The molecule has 3 unspecified atom stereocenters. The lowest BCUT2D eigenvalue weighted by molar-refractivity contribution is -0.124. The Morgan fingerprint density at radius 2 is 0.829 bits per heavy atom. The molecule has 4 N–H and O–H groups in total. The van der Waals surface area contributed by atoms with Gasteiger partial charge in [-0.05, 0) is 12.8 Å². The van der Waals surface area contributed by atoms with Crippen LogP contribution >= 0.6 is 0 Å². The van der Waals surface area contributed by atoms with Crippen LogP contribution in [0.1, 0.15) is 200 Å². The SMILES string of the molecule is CCCCCCCCCCCCCCCCCCCCCCC(=O)NC(CO)C(O)C(O)CCCCCCCCC. The van der Waals surface area contributed by atoms with Crippen molar-refractivity contribution in [1.82, 2.24) is 5.32 Å². The second-order valence-electron chi connectivity index (χ2n) is 12.8. The molecule has 1 amide bonds. The van der Waals surface area contributed by atoms with Crippen molar-refractivity contribution in [3.05, 3.63) is 0 Å². The predicted octanol–water partition coefficient (Wildman–Crippen LogP) is 9.54. The summed E-state index contributed by atoms with van der Waals surface area (Å²) in [5.74, 6) is -0.145. The predicted molar refractivity (Wildman–Crippen MR) is 176 cm³/mol. The van der Waals surface area contributed by atoms with E-state index in [9.17, 15) is 20.1 Å². The van der Waals surface area contributed by atoms with Crippen LogP contribution in [0, 0.1) is 0 Å².